The minimum Gasteiger partial charge on any atom is -0.271 e. The number of nitrogens with two attached hydrogens (primary N) is 1. The van der Waals surface area contributed by atoms with Crippen LogP contribution in [0.3, 0.4) is 0 Å². The first kappa shape index (κ1) is 14.2. The number of rotatable bonds is 3. The molecule has 3 N–H and O–H groups in total. The Balaban J connectivity index is 2.27. The minimum absolute atomic E-state index is 0.117. The molecule has 19 heavy (non-hydrogen) atoms. The average Bonchev–Trinajstić information content (AvgIpc) is 2.34. The van der Waals surface area contributed by atoms with Crippen molar-refractivity contribution < 1.29 is 0 Å². The third-order valence-corrected chi connectivity index (χ3v) is 3.94. The van der Waals surface area contributed by atoms with Gasteiger partial charge < -0.3 is 0 Å². The number of hydrogen-bond donors (Lipinski definition) is 2. The third kappa shape index (κ3) is 3.64. The summed E-state index contributed by atoms with van der Waals surface area (Å²) in [5.74, 6) is 5.81. The Morgan fingerprint density at radius 1 is 1.16 bits per heavy atom. The maximum absolute atomic E-state index is 5.81. The second-order valence-corrected chi connectivity index (χ2v) is 5.46. The topological polar surface area (TPSA) is 50.9 Å². The van der Waals surface area contributed by atoms with Gasteiger partial charge in [0.05, 0.1) is 6.04 Å². The maximum atomic E-state index is 5.81. The smallest absolute Gasteiger partial charge is 0.0687 e. The van der Waals surface area contributed by atoms with Crippen molar-refractivity contribution in [3.63, 3.8) is 0 Å². The van der Waals surface area contributed by atoms with Crippen LogP contribution in [0.5, 0.6) is 0 Å². The van der Waals surface area contributed by atoms with E-state index in [-0.39, 0.29) is 6.04 Å². The number of hydrazine groups is 1. The molecule has 0 saturated carbocycles. The van der Waals surface area contributed by atoms with Crippen LogP contribution in [0.15, 0.2) is 23.8 Å². The molecule has 1 atom stereocenters. The normalized spacial score (nSPS) is 21.1. The highest BCUT2D eigenvalue weighted by Crippen LogP contribution is 2.29. The maximum Gasteiger partial charge on any atom is 0.0687 e. The van der Waals surface area contributed by atoms with Crippen molar-refractivity contribution in [2.24, 2.45) is 5.84 Å². The summed E-state index contributed by atoms with van der Waals surface area (Å²) in [5, 5.41) is 0. The Labute approximate surface area is 116 Å². The van der Waals surface area contributed by atoms with E-state index < -0.39 is 0 Å². The molecule has 2 rings (SSSR count). The molecule has 1 aliphatic rings. The number of aromatic nitrogens is 1. The highest BCUT2D eigenvalue weighted by Gasteiger charge is 2.18. The van der Waals surface area contributed by atoms with Crippen molar-refractivity contribution in [3.05, 3.63) is 40.7 Å². The lowest BCUT2D eigenvalue weighted by atomic mass is 9.90. The molecule has 3 nitrogen and oxygen atoms in total. The summed E-state index contributed by atoms with van der Waals surface area (Å²) in [4.78, 5) is 4.56. The molecule has 1 aromatic heterocycles. The second kappa shape index (κ2) is 6.83. The fraction of sp³-hybridized carbons (Fsp3) is 0.562. The van der Waals surface area contributed by atoms with E-state index >= 15 is 0 Å². The zero-order valence-corrected chi connectivity index (χ0v) is 12.1. The summed E-state index contributed by atoms with van der Waals surface area (Å²) < 4.78 is 0. The first-order valence-corrected chi connectivity index (χ1v) is 7.31. The summed E-state index contributed by atoms with van der Waals surface area (Å²) in [6.45, 7) is 4.09. The van der Waals surface area contributed by atoms with E-state index in [4.69, 9.17) is 5.84 Å². The molecule has 1 heterocycles. The van der Waals surface area contributed by atoms with Gasteiger partial charge in [-0.1, -0.05) is 30.6 Å². The second-order valence-electron chi connectivity index (χ2n) is 5.46. The van der Waals surface area contributed by atoms with Gasteiger partial charge in [0.2, 0.25) is 0 Å². The van der Waals surface area contributed by atoms with Crippen LogP contribution in [0.25, 0.3) is 0 Å². The Hall–Kier alpha value is -1.19. The van der Waals surface area contributed by atoms with Crippen molar-refractivity contribution in [1.82, 2.24) is 10.4 Å². The van der Waals surface area contributed by atoms with E-state index in [0.717, 1.165) is 17.8 Å². The highest BCUT2D eigenvalue weighted by atomic mass is 15.2. The van der Waals surface area contributed by atoms with Crippen molar-refractivity contribution >= 4 is 0 Å². The van der Waals surface area contributed by atoms with Gasteiger partial charge in [-0.2, -0.15) is 0 Å². The van der Waals surface area contributed by atoms with E-state index in [1.165, 1.54) is 43.2 Å². The lowest BCUT2D eigenvalue weighted by Crippen LogP contribution is -2.30. The molecule has 0 bridgehead atoms. The number of hydrogen-bond acceptors (Lipinski definition) is 3. The van der Waals surface area contributed by atoms with E-state index in [2.05, 4.69) is 35.5 Å². The van der Waals surface area contributed by atoms with Crippen LogP contribution in [0.4, 0.5) is 0 Å². The van der Waals surface area contributed by atoms with Gasteiger partial charge in [0.25, 0.3) is 0 Å². The van der Waals surface area contributed by atoms with Gasteiger partial charge in [-0.25, -0.2) is 5.43 Å². The van der Waals surface area contributed by atoms with Crippen LogP contribution >= 0.6 is 0 Å². The summed E-state index contributed by atoms with van der Waals surface area (Å²) in [5.41, 5.74) is 7.76. The highest BCUT2D eigenvalue weighted by molar-refractivity contribution is 5.32. The molecule has 0 radical (unpaired) electrons. The number of aryl methyl sites for hydroxylation is 2. The van der Waals surface area contributed by atoms with Gasteiger partial charge in [0.15, 0.2) is 0 Å². The Morgan fingerprint density at radius 3 is 2.68 bits per heavy atom. The molecule has 0 aliphatic heterocycles. The average molecular weight is 259 g/mol. The first-order chi connectivity index (χ1) is 9.22. The number of allylic oxidation sites excluding steroid dienone is 1. The van der Waals surface area contributed by atoms with Gasteiger partial charge in [0.1, 0.15) is 0 Å². The fourth-order valence-electron chi connectivity index (χ4n) is 2.88. The zero-order chi connectivity index (χ0) is 13.7. The Bertz CT molecular complexity index is 451. The van der Waals surface area contributed by atoms with E-state index in [9.17, 15) is 0 Å². The predicted octanol–water partition coefficient (Wildman–Crippen LogP) is 3.48. The molecule has 0 amide bonds. The van der Waals surface area contributed by atoms with E-state index in [1.807, 2.05) is 6.92 Å². The quantitative estimate of drug-likeness (QED) is 0.496. The molecule has 0 aromatic carbocycles. The Kier molecular flexibility index (Phi) is 5.11. The van der Waals surface area contributed by atoms with Gasteiger partial charge >= 0.3 is 0 Å². The van der Waals surface area contributed by atoms with Gasteiger partial charge in [0, 0.05) is 11.4 Å². The van der Waals surface area contributed by atoms with Gasteiger partial charge in [-0.3, -0.25) is 10.8 Å². The predicted molar refractivity (Wildman–Crippen MR) is 79.6 cm³/mol. The molecule has 1 aliphatic carbocycles. The van der Waals surface area contributed by atoms with Crippen molar-refractivity contribution in [1.29, 1.82) is 0 Å². The van der Waals surface area contributed by atoms with Gasteiger partial charge in [-0.15, -0.1) is 0 Å². The SMILES string of the molecule is Cc1ccc(C(NN)/C2=C/CCCCCC2)c(C)n1. The molecule has 104 valence electrons. The van der Waals surface area contributed by atoms with Crippen LogP contribution in [0.2, 0.25) is 0 Å². The van der Waals surface area contributed by atoms with Crippen LogP contribution in [-0.2, 0) is 0 Å². The first-order valence-electron chi connectivity index (χ1n) is 7.31. The molecule has 0 fully saturated rings. The lowest BCUT2D eigenvalue weighted by Gasteiger charge is -2.23. The molecule has 1 aromatic rings. The van der Waals surface area contributed by atoms with Crippen LogP contribution in [0, 0.1) is 13.8 Å². The minimum atomic E-state index is 0.117. The van der Waals surface area contributed by atoms with Crippen molar-refractivity contribution in [2.75, 3.05) is 0 Å². The van der Waals surface area contributed by atoms with Crippen molar-refractivity contribution in [2.45, 2.75) is 58.4 Å². The Morgan fingerprint density at radius 2 is 1.95 bits per heavy atom. The number of nitrogens with zero attached hydrogens (tertiary/aromatic N) is 1. The molecule has 1 unspecified atom stereocenters. The zero-order valence-electron chi connectivity index (χ0n) is 12.1. The molecule has 0 spiro atoms. The summed E-state index contributed by atoms with van der Waals surface area (Å²) in [6, 6.07) is 4.34. The van der Waals surface area contributed by atoms with Crippen LogP contribution in [-0.4, -0.2) is 4.98 Å². The van der Waals surface area contributed by atoms with Crippen LogP contribution in [0.1, 0.15) is 61.5 Å². The molecule has 3 heteroatoms. The molecule has 0 saturated heterocycles. The van der Waals surface area contributed by atoms with E-state index in [1.54, 1.807) is 0 Å². The monoisotopic (exact) mass is 259 g/mol. The van der Waals surface area contributed by atoms with Crippen LogP contribution < -0.4 is 11.3 Å². The summed E-state index contributed by atoms with van der Waals surface area (Å²) in [7, 11) is 0. The summed E-state index contributed by atoms with van der Waals surface area (Å²) in [6.07, 6.45) is 9.95. The largest absolute Gasteiger partial charge is 0.271 e. The number of nitrogens with one attached hydrogen (secondary N) is 1. The molecular weight excluding hydrogens is 234 g/mol. The lowest BCUT2D eigenvalue weighted by molar-refractivity contribution is 0.552. The van der Waals surface area contributed by atoms with Crippen molar-refractivity contribution in [3.8, 4) is 0 Å². The van der Waals surface area contributed by atoms with E-state index in [0.29, 0.717) is 0 Å². The number of pyridine rings is 1. The standard InChI is InChI=1S/C16H25N3/c1-12-10-11-15(13(2)18-12)16(19-17)14-8-6-4-3-5-7-9-14/h8,10-11,16,19H,3-7,9,17H2,1-2H3/b14-8+. The summed E-state index contributed by atoms with van der Waals surface area (Å²) >= 11 is 0. The molecular formula is C16H25N3. The third-order valence-electron chi connectivity index (χ3n) is 3.94. The van der Waals surface area contributed by atoms with Gasteiger partial charge in [-0.05, 0) is 51.2 Å². The fourth-order valence-corrected chi connectivity index (χ4v) is 2.88.